The van der Waals surface area contributed by atoms with Gasteiger partial charge in [-0.15, -0.1) is 0 Å². The second kappa shape index (κ2) is 5.44. The smallest absolute Gasteiger partial charge is 0.335 e. The number of aromatic carboxylic acids is 1. The van der Waals surface area contributed by atoms with E-state index in [1.165, 1.54) is 11.9 Å². The Hall–Kier alpha value is -2.18. The largest absolute Gasteiger partial charge is 0.478 e. The maximum absolute atomic E-state index is 14.0. The molecule has 20 heavy (non-hydrogen) atoms. The van der Waals surface area contributed by atoms with Crippen molar-refractivity contribution in [2.24, 2.45) is 0 Å². The molecule has 0 radical (unpaired) electrons. The summed E-state index contributed by atoms with van der Waals surface area (Å²) in [6.45, 7) is 0.346. The molecule has 1 atom stereocenters. The molecule has 1 aromatic carbocycles. The molecule has 5 nitrogen and oxygen atoms in total. The number of benzene rings is 1. The summed E-state index contributed by atoms with van der Waals surface area (Å²) in [6.07, 6.45) is 1.14. The number of anilines is 1. The molecule has 108 valence electrons. The highest BCUT2D eigenvalue weighted by molar-refractivity contribution is 5.89. The predicted octanol–water partition coefficient (Wildman–Crippen LogP) is 1.38. The van der Waals surface area contributed by atoms with Crippen molar-refractivity contribution >= 4 is 17.6 Å². The first-order valence-electron chi connectivity index (χ1n) is 6.16. The van der Waals surface area contributed by atoms with E-state index < -0.39 is 29.2 Å². The van der Waals surface area contributed by atoms with Gasteiger partial charge in [-0.05, 0) is 25.0 Å². The number of carbonyl (C=O) groups is 2. The monoisotopic (exact) mass is 284 g/mol. The summed E-state index contributed by atoms with van der Waals surface area (Å²) in [5.74, 6) is -3.67. The van der Waals surface area contributed by atoms with E-state index >= 15 is 0 Å². The van der Waals surface area contributed by atoms with E-state index in [9.17, 15) is 18.4 Å². The zero-order valence-corrected chi connectivity index (χ0v) is 10.8. The molecule has 1 amide bonds. The Morgan fingerprint density at radius 3 is 2.45 bits per heavy atom. The van der Waals surface area contributed by atoms with Gasteiger partial charge in [-0.2, -0.15) is 0 Å². The normalized spacial score (nSPS) is 18.1. The highest BCUT2D eigenvalue weighted by atomic mass is 19.1. The van der Waals surface area contributed by atoms with Gasteiger partial charge < -0.3 is 15.3 Å². The molecule has 2 rings (SSSR count). The van der Waals surface area contributed by atoms with Gasteiger partial charge in [0, 0.05) is 13.6 Å². The maximum Gasteiger partial charge on any atom is 0.335 e. The second-order valence-electron chi connectivity index (χ2n) is 4.56. The summed E-state index contributed by atoms with van der Waals surface area (Å²) in [5, 5.41) is 11.2. The van der Waals surface area contributed by atoms with Crippen molar-refractivity contribution in [2.75, 3.05) is 18.5 Å². The lowest BCUT2D eigenvalue weighted by atomic mass is 10.1. The molecule has 1 fully saturated rings. The quantitative estimate of drug-likeness (QED) is 0.879. The molecular weight excluding hydrogens is 270 g/mol. The van der Waals surface area contributed by atoms with Gasteiger partial charge in [0.1, 0.15) is 23.4 Å². The number of carboxylic acid groups (broad SMARTS) is 1. The van der Waals surface area contributed by atoms with Crippen LogP contribution in [0.4, 0.5) is 14.5 Å². The van der Waals surface area contributed by atoms with Crippen LogP contribution in [-0.4, -0.2) is 36.6 Å². The number of likely N-dealkylation sites (N-methyl/N-ethyl adjacent to an activating group) is 1. The minimum absolute atomic E-state index is 0.316. The molecule has 1 aliphatic heterocycles. The van der Waals surface area contributed by atoms with E-state index in [1.54, 1.807) is 0 Å². The maximum atomic E-state index is 14.0. The number of hydrogen-bond acceptors (Lipinski definition) is 3. The Morgan fingerprint density at radius 1 is 1.35 bits per heavy atom. The first-order chi connectivity index (χ1) is 9.45. The van der Waals surface area contributed by atoms with Gasteiger partial charge in [-0.25, -0.2) is 13.6 Å². The Labute approximate surface area is 114 Å². The summed E-state index contributed by atoms with van der Waals surface area (Å²) >= 11 is 0. The number of carboxylic acids is 1. The Bertz CT molecular complexity index is 540. The zero-order chi connectivity index (χ0) is 14.9. The predicted molar refractivity (Wildman–Crippen MR) is 67.8 cm³/mol. The van der Waals surface area contributed by atoms with E-state index in [1.807, 2.05) is 0 Å². The van der Waals surface area contributed by atoms with Crippen molar-refractivity contribution in [1.82, 2.24) is 5.32 Å². The second-order valence-corrected chi connectivity index (χ2v) is 4.56. The van der Waals surface area contributed by atoms with Crippen molar-refractivity contribution in [3.8, 4) is 0 Å². The fourth-order valence-electron chi connectivity index (χ4n) is 2.44. The standard InChI is InChI=1S/C13H14F2N2O3/c1-16-12(18)10-3-2-4-17(10)11-8(14)5-7(13(19)20)6-9(11)15/h5-6,10H,2-4H2,1H3,(H,16,18)(H,19,20). The number of halogens is 2. The van der Waals surface area contributed by atoms with Crippen LogP contribution in [-0.2, 0) is 4.79 Å². The first-order valence-corrected chi connectivity index (χ1v) is 6.16. The molecule has 1 aromatic rings. The van der Waals surface area contributed by atoms with Gasteiger partial charge in [0.05, 0.1) is 5.56 Å². The lowest BCUT2D eigenvalue weighted by molar-refractivity contribution is -0.121. The van der Waals surface area contributed by atoms with E-state index in [0.29, 0.717) is 19.4 Å². The summed E-state index contributed by atoms with van der Waals surface area (Å²) in [4.78, 5) is 23.8. The first kappa shape index (κ1) is 14.2. The topological polar surface area (TPSA) is 69.6 Å². The van der Waals surface area contributed by atoms with Crippen LogP contribution in [0.15, 0.2) is 12.1 Å². The zero-order valence-electron chi connectivity index (χ0n) is 10.8. The molecule has 0 aromatic heterocycles. The summed E-state index contributed by atoms with van der Waals surface area (Å²) in [6, 6.07) is 0.889. The van der Waals surface area contributed by atoms with Gasteiger partial charge in [0.15, 0.2) is 0 Å². The minimum Gasteiger partial charge on any atom is -0.478 e. The fourth-order valence-corrected chi connectivity index (χ4v) is 2.44. The molecule has 1 aliphatic rings. The van der Waals surface area contributed by atoms with Crippen molar-refractivity contribution in [3.05, 3.63) is 29.3 Å². The fraction of sp³-hybridized carbons (Fsp3) is 0.385. The number of nitrogens with zero attached hydrogens (tertiary/aromatic N) is 1. The van der Waals surface area contributed by atoms with Gasteiger partial charge in [-0.3, -0.25) is 4.79 Å². The molecule has 1 unspecified atom stereocenters. The van der Waals surface area contributed by atoms with Crippen LogP contribution in [0.5, 0.6) is 0 Å². The summed E-state index contributed by atoms with van der Waals surface area (Å²) in [7, 11) is 1.46. The van der Waals surface area contributed by atoms with Crippen molar-refractivity contribution in [3.63, 3.8) is 0 Å². The number of rotatable bonds is 3. The van der Waals surface area contributed by atoms with E-state index in [2.05, 4.69) is 5.32 Å². The van der Waals surface area contributed by atoms with Crippen LogP contribution in [0.3, 0.4) is 0 Å². The lowest BCUT2D eigenvalue weighted by Crippen LogP contribution is -2.42. The third kappa shape index (κ3) is 2.43. The van der Waals surface area contributed by atoms with E-state index in [-0.39, 0.29) is 11.6 Å². The SMILES string of the molecule is CNC(=O)C1CCCN1c1c(F)cc(C(=O)O)cc1F. The molecule has 2 N–H and O–H groups in total. The third-order valence-electron chi connectivity index (χ3n) is 3.35. The summed E-state index contributed by atoms with van der Waals surface area (Å²) < 4.78 is 28.0. The average Bonchev–Trinajstić information content (AvgIpc) is 2.85. The molecule has 0 spiro atoms. The number of amides is 1. The highest BCUT2D eigenvalue weighted by Gasteiger charge is 2.33. The van der Waals surface area contributed by atoms with E-state index in [4.69, 9.17) is 5.11 Å². The van der Waals surface area contributed by atoms with Gasteiger partial charge in [0.25, 0.3) is 0 Å². The van der Waals surface area contributed by atoms with Crippen LogP contribution in [0, 0.1) is 11.6 Å². The molecule has 0 saturated carbocycles. The number of carbonyl (C=O) groups excluding carboxylic acids is 1. The molecule has 7 heteroatoms. The lowest BCUT2D eigenvalue weighted by Gasteiger charge is -2.26. The molecular formula is C13H14F2N2O3. The third-order valence-corrected chi connectivity index (χ3v) is 3.35. The van der Waals surface area contributed by atoms with Crippen LogP contribution >= 0.6 is 0 Å². The number of nitrogens with one attached hydrogen (secondary N) is 1. The Kier molecular flexibility index (Phi) is 3.87. The van der Waals surface area contributed by atoms with Crippen LogP contribution < -0.4 is 10.2 Å². The average molecular weight is 284 g/mol. The van der Waals surface area contributed by atoms with Crippen LogP contribution in [0.2, 0.25) is 0 Å². The molecule has 0 bridgehead atoms. The molecule has 0 aliphatic carbocycles. The number of hydrogen-bond donors (Lipinski definition) is 2. The Morgan fingerprint density at radius 2 is 1.95 bits per heavy atom. The highest BCUT2D eigenvalue weighted by Crippen LogP contribution is 2.31. The van der Waals surface area contributed by atoms with Gasteiger partial charge in [-0.1, -0.05) is 0 Å². The van der Waals surface area contributed by atoms with Crippen molar-refractivity contribution < 1.29 is 23.5 Å². The Balaban J connectivity index is 2.42. The van der Waals surface area contributed by atoms with Gasteiger partial charge in [0.2, 0.25) is 5.91 Å². The van der Waals surface area contributed by atoms with Crippen molar-refractivity contribution in [1.29, 1.82) is 0 Å². The van der Waals surface area contributed by atoms with Crippen LogP contribution in [0.1, 0.15) is 23.2 Å². The van der Waals surface area contributed by atoms with E-state index in [0.717, 1.165) is 12.1 Å². The minimum atomic E-state index is -1.40. The van der Waals surface area contributed by atoms with Crippen molar-refractivity contribution in [2.45, 2.75) is 18.9 Å². The molecule has 1 saturated heterocycles. The van der Waals surface area contributed by atoms with Gasteiger partial charge >= 0.3 is 5.97 Å². The summed E-state index contributed by atoms with van der Waals surface area (Å²) in [5.41, 5.74) is -0.805. The molecule has 1 heterocycles. The van der Waals surface area contributed by atoms with Crippen LogP contribution in [0.25, 0.3) is 0 Å².